The third kappa shape index (κ3) is 3.48. The summed E-state index contributed by atoms with van der Waals surface area (Å²) in [5.74, 6) is 0.145. The highest BCUT2D eigenvalue weighted by Crippen LogP contribution is 2.34. The number of ether oxygens (including phenoxy) is 1. The van der Waals surface area contributed by atoms with E-state index in [1.165, 1.54) is 12.7 Å². The minimum Gasteiger partial charge on any atom is -0.495 e. The highest BCUT2D eigenvalue weighted by atomic mass is 32.2. The van der Waals surface area contributed by atoms with Crippen LogP contribution in [0.2, 0.25) is 0 Å². The Morgan fingerprint density at radius 2 is 1.96 bits per heavy atom. The second kappa shape index (κ2) is 7.82. The Morgan fingerprint density at radius 3 is 2.75 bits per heavy atom. The fourth-order valence-corrected chi connectivity index (χ4v) is 4.53. The van der Waals surface area contributed by atoms with Crippen LogP contribution in [0.1, 0.15) is 16.1 Å². The Morgan fingerprint density at radius 1 is 1.14 bits per heavy atom. The topological polar surface area (TPSA) is 71.5 Å². The Balaban J connectivity index is 1.58. The fraction of sp³-hybridized carbons (Fsp3) is 0.143. The summed E-state index contributed by atoms with van der Waals surface area (Å²) in [4.78, 5) is 16.9. The van der Waals surface area contributed by atoms with Crippen LogP contribution in [0.25, 0.3) is 0 Å². The number of carbonyl (C=O) groups excluding carboxylic acids is 1. The van der Waals surface area contributed by atoms with Crippen molar-refractivity contribution >= 4 is 28.3 Å². The smallest absolute Gasteiger partial charge is 0.274 e. The average molecular weight is 393 g/mol. The maximum Gasteiger partial charge on any atom is 0.274 e. The Kier molecular flexibility index (Phi) is 5.08. The lowest BCUT2D eigenvalue weighted by atomic mass is 10.2. The summed E-state index contributed by atoms with van der Waals surface area (Å²) < 4.78 is 20.5. The van der Waals surface area contributed by atoms with E-state index >= 15 is 0 Å². The van der Waals surface area contributed by atoms with Gasteiger partial charge in [-0.3, -0.25) is 14.1 Å². The van der Waals surface area contributed by atoms with Gasteiger partial charge in [-0.2, -0.15) is 0 Å². The van der Waals surface area contributed by atoms with Crippen molar-refractivity contribution in [1.82, 2.24) is 4.98 Å². The quantitative estimate of drug-likeness (QED) is 0.721. The van der Waals surface area contributed by atoms with Crippen LogP contribution in [0.15, 0.2) is 71.8 Å². The van der Waals surface area contributed by atoms with Crippen molar-refractivity contribution in [2.24, 2.45) is 0 Å². The molecule has 2 heterocycles. The lowest BCUT2D eigenvalue weighted by Gasteiger charge is -2.20. The van der Waals surface area contributed by atoms with Gasteiger partial charge in [-0.15, -0.1) is 0 Å². The molecule has 1 N–H and O–H groups in total. The van der Waals surface area contributed by atoms with Gasteiger partial charge >= 0.3 is 0 Å². The molecule has 1 unspecified atom stereocenters. The fourth-order valence-electron chi connectivity index (χ4n) is 3.18. The second-order valence-corrected chi connectivity index (χ2v) is 7.64. The van der Waals surface area contributed by atoms with Crippen molar-refractivity contribution < 1.29 is 13.7 Å². The van der Waals surface area contributed by atoms with Crippen molar-refractivity contribution in [3.63, 3.8) is 0 Å². The van der Waals surface area contributed by atoms with Crippen LogP contribution in [-0.4, -0.2) is 28.8 Å². The van der Waals surface area contributed by atoms with Gasteiger partial charge in [0.05, 0.1) is 12.8 Å². The molecule has 1 atom stereocenters. The maximum atomic E-state index is 13.2. The first-order chi connectivity index (χ1) is 13.7. The van der Waals surface area contributed by atoms with E-state index in [0.717, 1.165) is 12.1 Å². The molecule has 0 aliphatic carbocycles. The van der Waals surface area contributed by atoms with Gasteiger partial charge in [0, 0.05) is 24.5 Å². The van der Waals surface area contributed by atoms with Gasteiger partial charge in [0.1, 0.15) is 16.3 Å². The normalized spacial score (nSPS) is 13.7. The number of nitrogens with zero attached hydrogens (tertiary/aromatic N) is 2. The van der Waals surface area contributed by atoms with Crippen molar-refractivity contribution in [2.75, 3.05) is 23.3 Å². The number of para-hydroxylation sites is 1. The van der Waals surface area contributed by atoms with Gasteiger partial charge in [-0.05, 0) is 42.3 Å². The Hall–Kier alpha value is -3.19. The van der Waals surface area contributed by atoms with E-state index < -0.39 is 11.0 Å². The highest BCUT2D eigenvalue weighted by molar-refractivity contribution is 7.86. The van der Waals surface area contributed by atoms with Crippen LogP contribution in [0, 0.1) is 0 Å². The van der Waals surface area contributed by atoms with E-state index in [1.54, 1.807) is 42.6 Å². The molecule has 1 aliphatic rings. The summed E-state index contributed by atoms with van der Waals surface area (Å²) in [6.07, 6.45) is 2.43. The molecule has 1 aliphatic heterocycles. The van der Waals surface area contributed by atoms with Gasteiger partial charge < -0.3 is 10.1 Å². The van der Waals surface area contributed by atoms with Crippen molar-refractivity contribution in [2.45, 2.75) is 11.3 Å². The molecule has 0 fully saturated rings. The number of pyridine rings is 1. The monoisotopic (exact) mass is 393 g/mol. The third-order valence-corrected chi connectivity index (χ3v) is 6.04. The third-order valence-electron chi connectivity index (χ3n) is 4.55. The molecule has 3 aromatic rings. The maximum absolute atomic E-state index is 13.2. The number of anilines is 2. The molecular formula is C21H19N3O3S. The summed E-state index contributed by atoms with van der Waals surface area (Å²) in [6, 6.07) is 18.2. The molecule has 142 valence electrons. The number of rotatable bonds is 5. The number of methoxy groups -OCH3 is 1. The van der Waals surface area contributed by atoms with Crippen LogP contribution in [0.3, 0.4) is 0 Å². The molecule has 1 aromatic heterocycles. The molecule has 0 bridgehead atoms. The van der Waals surface area contributed by atoms with E-state index in [9.17, 15) is 9.00 Å². The highest BCUT2D eigenvalue weighted by Gasteiger charge is 2.26. The summed E-state index contributed by atoms with van der Waals surface area (Å²) in [5.41, 5.74) is 3.04. The summed E-state index contributed by atoms with van der Waals surface area (Å²) in [5, 5.41) is 2.79. The van der Waals surface area contributed by atoms with Crippen molar-refractivity contribution in [3.8, 4) is 5.75 Å². The lowest BCUT2D eigenvalue weighted by molar-refractivity contribution is 0.102. The van der Waals surface area contributed by atoms with Gasteiger partial charge in [-0.25, -0.2) is 4.21 Å². The lowest BCUT2D eigenvalue weighted by Crippen LogP contribution is -2.23. The van der Waals surface area contributed by atoms with E-state index in [1.807, 2.05) is 22.5 Å². The SMILES string of the molecule is COc1cc(NC(=O)c2ccccn2)ccc1S(=O)N1CCc2ccccc21. The number of amides is 1. The molecule has 6 nitrogen and oxygen atoms in total. The molecule has 0 saturated heterocycles. The van der Waals surface area contributed by atoms with E-state index in [2.05, 4.69) is 16.4 Å². The minimum atomic E-state index is -1.41. The Labute approximate surface area is 165 Å². The zero-order chi connectivity index (χ0) is 19.5. The molecule has 0 spiro atoms. The first-order valence-corrected chi connectivity index (χ1v) is 9.96. The van der Waals surface area contributed by atoms with Crippen LogP contribution >= 0.6 is 0 Å². The first-order valence-electron chi connectivity index (χ1n) is 8.85. The van der Waals surface area contributed by atoms with Crippen molar-refractivity contribution in [3.05, 3.63) is 78.1 Å². The zero-order valence-electron chi connectivity index (χ0n) is 15.3. The zero-order valence-corrected chi connectivity index (χ0v) is 16.1. The summed E-state index contributed by atoms with van der Waals surface area (Å²) in [7, 11) is 0.121. The Bertz CT molecular complexity index is 1040. The molecule has 28 heavy (non-hydrogen) atoms. The predicted molar refractivity (Wildman–Crippen MR) is 109 cm³/mol. The average Bonchev–Trinajstić information content (AvgIpc) is 3.18. The summed E-state index contributed by atoms with van der Waals surface area (Å²) in [6.45, 7) is 0.688. The second-order valence-electron chi connectivity index (χ2n) is 6.26. The van der Waals surface area contributed by atoms with Crippen LogP contribution in [0.5, 0.6) is 5.75 Å². The number of hydrogen-bond acceptors (Lipinski definition) is 4. The van der Waals surface area contributed by atoms with Crippen LogP contribution in [0.4, 0.5) is 11.4 Å². The molecule has 0 saturated carbocycles. The van der Waals surface area contributed by atoms with Gasteiger partial charge in [0.15, 0.2) is 11.0 Å². The first kappa shape index (κ1) is 18.2. The number of hydrogen-bond donors (Lipinski definition) is 1. The number of aromatic nitrogens is 1. The van der Waals surface area contributed by atoms with Gasteiger partial charge in [-0.1, -0.05) is 24.3 Å². The standard InChI is InChI=1S/C21H19N3O3S/c1-27-19-14-16(23-21(25)17-7-4-5-12-22-17)9-10-20(19)28(26)24-13-11-15-6-2-3-8-18(15)24/h2-10,12,14H,11,13H2,1H3,(H,23,25). The molecule has 1 amide bonds. The largest absolute Gasteiger partial charge is 0.495 e. The molecule has 0 radical (unpaired) electrons. The minimum absolute atomic E-state index is 0.315. The number of fused-ring (bicyclic) bond motifs is 1. The number of carbonyl (C=O) groups is 1. The van der Waals surface area contributed by atoms with Crippen LogP contribution in [-0.2, 0) is 17.4 Å². The molecule has 4 rings (SSSR count). The summed E-state index contributed by atoms with van der Waals surface area (Å²) >= 11 is 0. The molecule has 2 aromatic carbocycles. The van der Waals surface area contributed by atoms with Crippen LogP contribution < -0.4 is 14.4 Å². The molecule has 7 heteroatoms. The number of nitrogens with one attached hydrogen (secondary N) is 1. The van der Waals surface area contributed by atoms with Gasteiger partial charge in [0.2, 0.25) is 0 Å². The van der Waals surface area contributed by atoms with E-state index in [4.69, 9.17) is 4.74 Å². The van der Waals surface area contributed by atoms with Crippen molar-refractivity contribution in [1.29, 1.82) is 0 Å². The van der Waals surface area contributed by atoms with Gasteiger partial charge in [0.25, 0.3) is 5.91 Å². The molecular weight excluding hydrogens is 374 g/mol. The van der Waals surface area contributed by atoms with E-state index in [0.29, 0.717) is 28.6 Å². The predicted octanol–water partition coefficient (Wildman–Crippen LogP) is 3.43. The number of benzene rings is 2. The van der Waals surface area contributed by atoms with E-state index in [-0.39, 0.29) is 5.91 Å².